The third-order valence-electron chi connectivity index (χ3n) is 3.52. The van der Waals surface area contributed by atoms with Crippen molar-refractivity contribution in [2.45, 2.75) is 19.3 Å². The Bertz CT molecular complexity index is 351. The van der Waals surface area contributed by atoms with Crippen LogP contribution in [0.5, 0.6) is 0 Å². The van der Waals surface area contributed by atoms with E-state index in [4.69, 9.17) is 16.3 Å². The van der Waals surface area contributed by atoms with Gasteiger partial charge in [-0.2, -0.15) is 12.7 Å². The fraction of sp³-hybridized carbons (Fsp3) is 1.00. The molecule has 0 spiro atoms. The van der Waals surface area contributed by atoms with E-state index in [-0.39, 0.29) is 5.41 Å². The molecule has 2 aliphatic rings. The Morgan fingerprint density at radius 1 is 1.29 bits per heavy atom. The Labute approximate surface area is 108 Å². The summed E-state index contributed by atoms with van der Waals surface area (Å²) in [5, 5.41) is 0. The van der Waals surface area contributed by atoms with Crippen molar-refractivity contribution in [2.24, 2.45) is 5.41 Å². The lowest BCUT2D eigenvalue weighted by atomic mass is 10.1. The van der Waals surface area contributed by atoms with Crippen LogP contribution in [0.4, 0.5) is 0 Å². The molecule has 0 aromatic heterocycles. The first-order chi connectivity index (χ1) is 8.08. The number of nitrogens with zero attached hydrogens (tertiary/aromatic N) is 1. The lowest BCUT2D eigenvalue weighted by Crippen LogP contribution is -2.47. The Hall–Kier alpha value is 0.120. The van der Waals surface area contributed by atoms with Crippen LogP contribution in [0, 0.1) is 5.41 Å². The first-order valence-electron chi connectivity index (χ1n) is 5.96. The Balaban J connectivity index is 1.84. The molecule has 1 aliphatic carbocycles. The number of ether oxygens (including phenoxy) is 1. The van der Waals surface area contributed by atoms with Crippen molar-refractivity contribution in [2.75, 3.05) is 38.7 Å². The Morgan fingerprint density at radius 3 is 2.47 bits per heavy atom. The van der Waals surface area contributed by atoms with E-state index in [1.54, 1.807) is 0 Å². The van der Waals surface area contributed by atoms with Crippen LogP contribution in [0.1, 0.15) is 19.3 Å². The van der Waals surface area contributed by atoms with Crippen molar-refractivity contribution < 1.29 is 13.2 Å². The van der Waals surface area contributed by atoms with E-state index in [2.05, 4.69) is 4.72 Å². The van der Waals surface area contributed by atoms with Crippen LogP contribution in [0.2, 0.25) is 0 Å². The molecule has 0 aromatic carbocycles. The van der Waals surface area contributed by atoms with Crippen LogP contribution in [0.15, 0.2) is 0 Å². The molecule has 5 nitrogen and oxygen atoms in total. The second-order valence-corrected chi connectivity index (χ2v) is 6.91. The van der Waals surface area contributed by atoms with Crippen molar-refractivity contribution in [1.29, 1.82) is 0 Å². The van der Waals surface area contributed by atoms with Crippen molar-refractivity contribution in [1.82, 2.24) is 9.03 Å². The molecule has 7 heteroatoms. The molecule has 0 bridgehead atoms. The zero-order chi connectivity index (χ0) is 12.4. The molecule has 0 aromatic rings. The number of nitrogens with one attached hydrogen (secondary N) is 1. The summed E-state index contributed by atoms with van der Waals surface area (Å²) in [5.41, 5.74) is 0.126. The molecule has 0 atom stereocenters. The third-order valence-corrected chi connectivity index (χ3v) is 5.26. The van der Waals surface area contributed by atoms with E-state index in [0.717, 1.165) is 19.3 Å². The number of hydrogen-bond acceptors (Lipinski definition) is 3. The van der Waals surface area contributed by atoms with Gasteiger partial charge in [0.25, 0.3) is 10.2 Å². The summed E-state index contributed by atoms with van der Waals surface area (Å²) in [7, 11) is -3.33. The lowest BCUT2D eigenvalue weighted by Gasteiger charge is -2.27. The number of morpholine rings is 1. The van der Waals surface area contributed by atoms with Gasteiger partial charge in [-0.05, 0) is 24.7 Å². The van der Waals surface area contributed by atoms with Gasteiger partial charge in [0.15, 0.2) is 0 Å². The quantitative estimate of drug-likeness (QED) is 0.725. The molecule has 0 amide bonds. The molecular formula is C10H19ClN2O3S. The highest BCUT2D eigenvalue weighted by molar-refractivity contribution is 7.87. The van der Waals surface area contributed by atoms with Gasteiger partial charge in [0.1, 0.15) is 0 Å². The van der Waals surface area contributed by atoms with Gasteiger partial charge in [-0.25, -0.2) is 4.72 Å². The van der Waals surface area contributed by atoms with Crippen LogP contribution >= 0.6 is 11.6 Å². The minimum Gasteiger partial charge on any atom is -0.379 e. The molecule has 1 aliphatic heterocycles. The minimum absolute atomic E-state index is 0.126. The molecule has 0 radical (unpaired) electrons. The summed E-state index contributed by atoms with van der Waals surface area (Å²) in [4.78, 5) is 0. The molecule has 1 saturated carbocycles. The summed E-state index contributed by atoms with van der Waals surface area (Å²) < 4.78 is 33.3. The predicted molar refractivity (Wildman–Crippen MR) is 66.3 cm³/mol. The largest absolute Gasteiger partial charge is 0.379 e. The normalized spacial score (nSPS) is 24.8. The van der Waals surface area contributed by atoms with E-state index in [1.807, 2.05) is 0 Å². The van der Waals surface area contributed by atoms with Gasteiger partial charge >= 0.3 is 0 Å². The van der Waals surface area contributed by atoms with Gasteiger partial charge in [-0.3, -0.25) is 0 Å². The topological polar surface area (TPSA) is 58.6 Å². The minimum atomic E-state index is -3.33. The fourth-order valence-corrected chi connectivity index (χ4v) is 3.72. The highest BCUT2D eigenvalue weighted by Gasteiger charge is 2.42. The van der Waals surface area contributed by atoms with Crippen LogP contribution < -0.4 is 4.72 Å². The molecular weight excluding hydrogens is 264 g/mol. The Morgan fingerprint density at radius 2 is 1.94 bits per heavy atom. The van der Waals surface area contributed by atoms with Crippen LogP contribution in [0.3, 0.4) is 0 Å². The van der Waals surface area contributed by atoms with E-state index in [1.165, 1.54) is 4.31 Å². The van der Waals surface area contributed by atoms with E-state index < -0.39 is 10.2 Å². The van der Waals surface area contributed by atoms with Gasteiger partial charge in [0.05, 0.1) is 13.2 Å². The highest BCUT2D eigenvalue weighted by Crippen LogP contribution is 2.48. The molecule has 1 N–H and O–H groups in total. The van der Waals surface area contributed by atoms with Gasteiger partial charge in [0.2, 0.25) is 0 Å². The highest BCUT2D eigenvalue weighted by atomic mass is 35.5. The predicted octanol–water partition coefficient (Wildman–Crippen LogP) is 0.562. The van der Waals surface area contributed by atoms with Gasteiger partial charge in [-0.1, -0.05) is 0 Å². The van der Waals surface area contributed by atoms with E-state index in [9.17, 15) is 8.42 Å². The molecule has 2 rings (SSSR count). The SMILES string of the molecule is O=S(=O)(NCC1(CCCl)CC1)N1CCOCC1. The molecule has 100 valence electrons. The lowest BCUT2D eigenvalue weighted by molar-refractivity contribution is 0.0724. The first kappa shape index (κ1) is 13.5. The average molecular weight is 283 g/mol. The maximum Gasteiger partial charge on any atom is 0.279 e. The van der Waals surface area contributed by atoms with Crippen LogP contribution in [0.25, 0.3) is 0 Å². The van der Waals surface area contributed by atoms with Crippen molar-refractivity contribution in [3.8, 4) is 0 Å². The summed E-state index contributed by atoms with van der Waals surface area (Å²) in [6, 6.07) is 0. The molecule has 1 saturated heterocycles. The van der Waals surface area contributed by atoms with Gasteiger partial charge < -0.3 is 4.74 Å². The van der Waals surface area contributed by atoms with Gasteiger partial charge in [0, 0.05) is 25.5 Å². The van der Waals surface area contributed by atoms with Gasteiger partial charge in [-0.15, -0.1) is 11.6 Å². The Kier molecular flexibility index (Phi) is 4.31. The number of halogens is 1. The summed E-state index contributed by atoms with van der Waals surface area (Å²) in [5.74, 6) is 0.597. The molecule has 1 heterocycles. The summed E-state index contributed by atoms with van der Waals surface area (Å²) in [6.45, 7) is 2.36. The maximum absolute atomic E-state index is 12.0. The maximum atomic E-state index is 12.0. The molecule has 2 fully saturated rings. The summed E-state index contributed by atoms with van der Waals surface area (Å²) in [6.07, 6.45) is 3.04. The van der Waals surface area contributed by atoms with E-state index >= 15 is 0 Å². The standard InChI is InChI=1S/C10H19ClN2O3S/c11-4-3-10(1-2-10)9-12-17(14,15)13-5-7-16-8-6-13/h12H,1-9H2. The zero-order valence-electron chi connectivity index (χ0n) is 9.82. The average Bonchev–Trinajstić information content (AvgIpc) is 3.09. The van der Waals surface area contributed by atoms with Crippen molar-refractivity contribution in [3.05, 3.63) is 0 Å². The van der Waals surface area contributed by atoms with E-state index in [0.29, 0.717) is 38.7 Å². The van der Waals surface area contributed by atoms with Crippen molar-refractivity contribution in [3.63, 3.8) is 0 Å². The second-order valence-electron chi connectivity index (χ2n) is 4.78. The first-order valence-corrected chi connectivity index (χ1v) is 7.94. The number of rotatable bonds is 6. The monoisotopic (exact) mass is 282 g/mol. The number of alkyl halides is 1. The zero-order valence-corrected chi connectivity index (χ0v) is 11.4. The second kappa shape index (κ2) is 5.40. The fourth-order valence-electron chi connectivity index (χ4n) is 2.01. The van der Waals surface area contributed by atoms with Crippen LogP contribution in [-0.2, 0) is 14.9 Å². The third kappa shape index (κ3) is 3.54. The molecule has 17 heavy (non-hydrogen) atoms. The van der Waals surface area contributed by atoms with Crippen molar-refractivity contribution >= 4 is 21.8 Å². The van der Waals surface area contributed by atoms with Crippen LogP contribution in [-0.4, -0.2) is 51.5 Å². The summed E-state index contributed by atoms with van der Waals surface area (Å²) >= 11 is 5.72. The number of hydrogen-bond donors (Lipinski definition) is 1. The smallest absolute Gasteiger partial charge is 0.279 e. The molecule has 0 unspecified atom stereocenters.